The zero-order valence-corrected chi connectivity index (χ0v) is 13.8. The Hall–Kier alpha value is -3.26. The van der Waals surface area contributed by atoms with Crippen LogP contribution in [-0.4, -0.2) is 15.4 Å². The number of aromatic nitrogens is 1. The van der Waals surface area contributed by atoms with Gasteiger partial charge in [0.1, 0.15) is 5.58 Å². The van der Waals surface area contributed by atoms with Gasteiger partial charge in [0, 0.05) is 24.6 Å². The number of non-ortho nitro benzene ring substituents is 1. The number of rotatable bonds is 2. The molecule has 0 bridgehead atoms. The van der Waals surface area contributed by atoms with Gasteiger partial charge < -0.3 is 8.98 Å². The van der Waals surface area contributed by atoms with Crippen LogP contribution in [0.1, 0.15) is 10.6 Å². The minimum atomic E-state index is -0.493. The molecule has 0 unspecified atom stereocenters. The first-order valence-corrected chi connectivity index (χ1v) is 8.16. The number of thiazole rings is 1. The Morgan fingerprint density at radius 1 is 1.24 bits per heavy atom. The molecule has 25 heavy (non-hydrogen) atoms. The van der Waals surface area contributed by atoms with Gasteiger partial charge in [-0.2, -0.15) is 4.99 Å². The van der Waals surface area contributed by atoms with Crippen LogP contribution in [-0.2, 0) is 7.05 Å². The molecule has 1 amide bonds. The minimum absolute atomic E-state index is 0.00365. The SMILES string of the molecule is Cn1c(=NC(=O)c2cc3ccccc3o2)sc2ccc([N+](=O)[O-])cc21. The van der Waals surface area contributed by atoms with Crippen molar-refractivity contribution in [2.75, 3.05) is 0 Å². The summed E-state index contributed by atoms with van der Waals surface area (Å²) in [6, 6.07) is 13.5. The van der Waals surface area contributed by atoms with E-state index >= 15 is 0 Å². The van der Waals surface area contributed by atoms with E-state index in [4.69, 9.17) is 4.42 Å². The lowest BCUT2D eigenvalue weighted by molar-refractivity contribution is -0.384. The van der Waals surface area contributed by atoms with Gasteiger partial charge in [-0.15, -0.1) is 0 Å². The second-order valence-electron chi connectivity index (χ2n) is 5.42. The first-order valence-electron chi connectivity index (χ1n) is 7.34. The first kappa shape index (κ1) is 15.3. The highest BCUT2D eigenvalue weighted by Gasteiger charge is 2.14. The molecule has 8 heteroatoms. The Morgan fingerprint density at radius 2 is 2.04 bits per heavy atom. The van der Waals surface area contributed by atoms with Gasteiger partial charge in [-0.3, -0.25) is 14.9 Å². The van der Waals surface area contributed by atoms with E-state index in [-0.39, 0.29) is 11.4 Å². The molecule has 4 rings (SSSR count). The Bertz CT molecular complexity index is 1180. The molecular formula is C17H11N3O4S. The Morgan fingerprint density at radius 3 is 2.80 bits per heavy atom. The van der Waals surface area contributed by atoms with Crippen molar-refractivity contribution in [2.24, 2.45) is 12.0 Å². The smallest absolute Gasteiger partial charge is 0.315 e. The van der Waals surface area contributed by atoms with Crippen molar-refractivity contribution < 1.29 is 14.1 Å². The quantitative estimate of drug-likeness (QED) is 0.406. The molecule has 0 fully saturated rings. The number of benzene rings is 2. The molecule has 0 spiro atoms. The molecule has 0 aliphatic rings. The van der Waals surface area contributed by atoms with Crippen molar-refractivity contribution >= 4 is 44.1 Å². The standard InChI is InChI=1S/C17H11N3O4S/c1-19-12-9-11(20(22)23)6-7-15(12)25-17(19)18-16(21)14-8-10-4-2-3-5-13(10)24-14/h2-9H,1H3. The number of amides is 1. The van der Waals surface area contributed by atoms with Crippen molar-refractivity contribution in [3.8, 4) is 0 Å². The van der Waals surface area contributed by atoms with E-state index in [0.29, 0.717) is 15.9 Å². The number of para-hydroxylation sites is 1. The summed E-state index contributed by atoms with van der Waals surface area (Å²) in [5.41, 5.74) is 1.27. The molecular weight excluding hydrogens is 342 g/mol. The maximum Gasteiger partial charge on any atom is 0.315 e. The number of aryl methyl sites for hydroxylation is 1. The molecule has 7 nitrogen and oxygen atoms in total. The lowest BCUT2D eigenvalue weighted by Crippen LogP contribution is -2.13. The van der Waals surface area contributed by atoms with Crippen LogP contribution in [0.2, 0.25) is 0 Å². The Labute approximate surface area is 144 Å². The zero-order chi connectivity index (χ0) is 17.6. The molecule has 0 N–H and O–H groups in total. The molecule has 4 aromatic rings. The third-order valence-electron chi connectivity index (χ3n) is 3.84. The second kappa shape index (κ2) is 5.67. The fraction of sp³-hybridized carbons (Fsp3) is 0.0588. The number of nitrogens with zero attached hydrogens (tertiary/aromatic N) is 3. The fourth-order valence-corrected chi connectivity index (χ4v) is 3.56. The maximum atomic E-state index is 12.4. The van der Waals surface area contributed by atoms with E-state index in [1.54, 1.807) is 29.8 Å². The predicted octanol–water partition coefficient (Wildman–Crippen LogP) is 3.64. The van der Waals surface area contributed by atoms with Crippen LogP contribution >= 0.6 is 11.3 Å². The van der Waals surface area contributed by atoms with Crippen molar-refractivity contribution in [1.29, 1.82) is 0 Å². The maximum absolute atomic E-state index is 12.4. The monoisotopic (exact) mass is 353 g/mol. The Kier molecular flexibility index (Phi) is 3.47. The van der Waals surface area contributed by atoms with Crippen molar-refractivity contribution in [3.63, 3.8) is 0 Å². The van der Waals surface area contributed by atoms with E-state index in [1.165, 1.54) is 23.5 Å². The lowest BCUT2D eigenvalue weighted by atomic mass is 10.2. The van der Waals surface area contributed by atoms with Crippen molar-refractivity contribution in [3.05, 3.63) is 69.2 Å². The summed E-state index contributed by atoms with van der Waals surface area (Å²) < 4.78 is 8.00. The van der Waals surface area contributed by atoms with Crippen LogP contribution in [0.5, 0.6) is 0 Å². The average molecular weight is 353 g/mol. The van der Waals surface area contributed by atoms with Gasteiger partial charge in [-0.1, -0.05) is 29.5 Å². The number of hydrogen-bond donors (Lipinski definition) is 0. The van der Waals surface area contributed by atoms with Crippen LogP contribution in [0.25, 0.3) is 21.2 Å². The number of furan rings is 1. The molecule has 0 saturated heterocycles. The minimum Gasteiger partial charge on any atom is -0.451 e. The van der Waals surface area contributed by atoms with Gasteiger partial charge in [-0.25, -0.2) is 0 Å². The molecule has 0 aliphatic carbocycles. The lowest BCUT2D eigenvalue weighted by Gasteiger charge is -1.95. The largest absolute Gasteiger partial charge is 0.451 e. The molecule has 2 heterocycles. The zero-order valence-electron chi connectivity index (χ0n) is 13.0. The number of nitro groups is 1. The molecule has 0 atom stereocenters. The van der Waals surface area contributed by atoms with Gasteiger partial charge in [-0.05, 0) is 18.2 Å². The third-order valence-corrected chi connectivity index (χ3v) is 4.95. The molecule has 0 radical (unpaired) electrons. The number of fused-ring (bicyclic) bond motifs is 2. The average Bonchev–Trinajstić information content (AvgIpc) is 3.16. The Balaban J connectivity index is 1.81. The highest BCUT2D eigenvalue weighted by Crippen LogP contribution is 2.23. The number of hydrogen-bond acceptors (Lipinski definition) is 5. The first-order chi connectivity index (χ1) is 12.0. The van der Waals surface area contributed by atoms with Crippen LogP contribution in [0.4, 0.5) is 5.69 Å². The summed E-state index contributed by atoms with van der Waals surface area (Å²) in [6.07, 6.45) is 0. The predicted molar refractivity (Wildman–Crippen MR) is 93.6 cm³/mol. The van der Waals surface area contributed by atoms with Crippen LogP contribution in [0.15, 0.2) is 57.9 Å². The van der Waals surface area contributed by atoms with Gasteiger partial charge in [0.2, 0.25) is 0 Å². The van der Waals surface area contributed by atoms with E-state index in [2.05, 4.69) is 4.99 Å². The van der Waals surface area contributed by atoms with E-state index in [9.17, 15) is 14.9 Å². The topological polar surface area (TPSA) is 90.6 Å². The molecule has 0 saturated carbocycles. The normalized spacial score (nSPS) is 12.1. The molecule has 2 aromatic heterocycles. The summed E-state index contributed by atoms with van der Waals surface area (Å²) in [7, 11) is 1.72. The summed E-state index contributed by atoms with van der Waals surface area (Å²) in [5.74, 6) is -0.336. The summed E-state index contributed by atoms with van der Waals surface area (Å²) in [4.78, 5) is 27.4. The van der Waals surface area contributed by atoms with Gasteiger partial charge in [0.25, 0.3) is 5.69 Å². The van der Waals surface area contributed by atoms with Crippen LogP contribution < -0.4 is 4.80 Å². The van der Waals surface area contributed by atoms with Crippen molar-refractivity contribution in [2.45, 2.75) is 0 Å². The van der Waals surface area contributed by atoms with Crippen molar-refractivity contribution in [1.82, 2.24) is 4.57 Å². The summed E-state index contributed by atoms with van der Waals surface area (Å²) in [5, 5.41) is 11.8. The summed E-state index contributed by atoms with van der Waals surface area (Å²) in [6.45, 7) is 0. The van der Waals surface area contributed by atoms with E-state index in [1.807, 2.05) is 18.2 Å². The molecule has 0 aliphatic heterocycles. The molecule has 2 aromatic carbocycles. The number of carbonyl (C=O) groups is 1. The summed E-state index contributed by atoms with van der Waals surface area (Å²) >= 11 is 1.29. The number of nitro benzene ring substituents is 1. The van der Waals surface area contributed by atoms with E-state index in [0.717, 1.165) is 10.1 Å². The van der Waals surface area contributed by atoms with E-state index < -0.39 is 10.8 Å². The van der Waals surface area contributed by atoms with Crippen LogP contribution in [0.3, 0.4) is 0 Å². The number of carbonyl (C=O) groups excluding carboxylic acids is 1. The van der Waals surface area contributed by atoms with Gasteiger partial charge in [0.05, 0.1) is 15.1 Å². The van der Waals surface area contributed by atoms with Gasteiger partial charge in [0.15, 0.2) is 10.6 Å². The fourth-order valence-electron chi connectivity index (χ4n) is 2.56. The van der Waals surface area contributed by atoms with Crippen LogP contribution in [0, 0.1) is 10.1 Å². The van der Waals surface area contributed by atoms with Gasteiger partial charge >= 0.3 is 5.91 Å². The third kappa shape index (κ3) is 2.62. The highest BCUT2D eigenvalue weighted by atomic mass is 32.1. The highest BCUT2D eigenvalue weighted by molar-refractivity contribution is 7.16. The second-order valence-corrected chi connectivity index (χ2v) is 6.43. The molecule has 124 valence electrons.